The van der Waals surface area contributed by atoms with E-state index >= 15 is 0 Å². The van der Waals surface area contributed by atoms with Gasteiger partial charge in [0.2, 0.25) is 0 Å². The lowest BCUT2D eigenvalue weighted by Crippen LogP contribution is -2.34. The minimum Gasteiger partial charge on any atom is -0.356 e. The fourth-order valence-electron chi connectivity index (χ4n) is 0.892. The van der Waals surface area contributed by atoms with Gasteiger partial charge < -0.3 is 9.47 Å². The van der Waals surface area contributed by atoms with E-state index in [2.05, 4.69) is 0 Å². The molecule has 54 valence electrons. The van der Waals surface area contributed by atoms with Crippen molar-refractivity contribution in [2.24, 2.45) is 5.92 Å². The average Bonchev–Trinajstić information content (AvgIpc) is 1.78. The molecule has 0 radical (unpaired) electrons. The second-order valence-electron chi connectivity index (χ2n) is 2.14. The van der Waals surface area contributed by atoms with Gasteiger partial charge in [0.15, 0.2) is 6.29 Å². The first-order valence-corrected chi connectivity index (χ1v) is 4.17. The van der Waals surface area contributed by atoms with E-state index in [-0.39, 0.29) is 6.29 Å². The third-order valence-electron chi connectivity index (χ3n) is 1.51. The van der Waals surface area contributed by atoms with Crippen molar-refractivity contribution < 1.29 is 9.47 Å². The third-order valence-corrected chi connectivity index (χ3v) is 2.84. The van der Waals surface area contributed by atoms with Gasteiger partial charge in [0.1, 0.15) is 0 Å². The van der Waals surface area contributed by atoms with Crippen molar-refractivity contribution >= 4 is 11.8 Å². The van der Waals surface area contributed by atoms with Gasteiger partial charge >= 0.3 is 0 Å². The molecule has 1 saturated heterocycles. The van der Waals surface area contributed by atoms with Crippen LogP contribution in [0.15, 0.2) is 0 Å². The first-order valence-electron chi connectivity index (χ1n) is 3.02. The van der Waals surface area contributed by atoms with Crippen LogP contribution in [0.1, 0.15) is 0 Å². The predicted octanol–water partition coefficient (Wildman–Crippen LogP) is 0.968. The molecule has 0 aromatic carbocycles. The number of hydrogen-bond donors (Lipinski definition) is 0. The van der Waals surface area contributed by atoms with Gasteiger partial charge in [-0.2, -0.15) is 11.8 Å². The van der Waals surface area contributed by atoms with Crippen molar-refractivity contribution in [3.8, 4) is 0 Å². The van der Waals surface area contributed by atoms with E-state index in [0.29, 0.717) is 5.92 Å². The standard InChI is InChI=1S/C6H12O2S/c1-7-6(8-2)5-3-9-4-5/h5-6H,3-4H2,1-2H3. The Bertz CT molecular complexity index is 79.1. The number of thioether (sulfide) groups is 1. The molecule has 1 aliphatic heterocycles. The molecular weight excluding hydrogens is 136 g/mol. The summed E-state index contributed by atoms with van der Waals surface area (Å²) >= 11 is 1.94. The van der Waals surface area contributed by atoms with Gasteiger partial charge in [-0.3, -0.25) is 0 Å². The van der Waals surface area contributed by atoms with Crippen LogP contribution in [-0.4, -0.2) is 32.0 Å². The smallest absolute Gasteiger partial charge is 0.161 e. The van der Waals surface area contributed by atoms with Crippen LogP contribution in [0.2, 0.25) is 0 Å². The molecule has 1 fully saturated rings. The SMILES string of the molecule is COC(OC)C1CSC1. The van der Waals surface area contributed by atoms with E-state index in [1.807, 2.05) is 11.8 Å². The summed E-state index contributed by atoms with van der Waals surface area (Å²) in [4.78, 5) is 0. The lowest BCUT2D eigenvalue weighted by Gasteiger charge is -2.30. The molecule has 0 spiro atoms. The van der Waals surface area contributed by atoms with Gasteiger partial charge in [0, 0.05) is 31.6 Å². The maximum absolute atomic E-state index is 5.07. The monoisotopic (exact) mass is 148 g/mol. The summed E-state index contributed by atoms with van der Waals surface area (Å²) in [7, 11) is 3.38. The summed E-state index contributed by atoms with van der Waals surface area (Å²) in [6, 6.07) is 0. The van der Waals surface area contributed by atoms with Crippen molar-refractivity contribution in [1.29, 1.82) is 0 Å². The third kappa shape index (κ3) is 1.60. The number of ether oxygens (including phenoxy) is 2. The molecule has 0 aromatic rings. The molecular formula is C6H12O2S. The quantitative estimate of drug-likeness (QED) is 0.556. The molecule has 0 amide bonds. The normalized spacial score (nSPS) is 20.3. The zero-order chi connectivity index (χ0) is 6.69. The van der Waals surface area contributed by atoms with Crippen molar-refractivity contribution in [3.63, 3.8) is 0 Å². The fourth-order valence-corrected chi connectivity index (χ4v) is 1.71. The van der Waals surface area contributed by atoms with Crippen molar-refractivity contribution in [1.82, 2.24) is 0 Å². The van der Waals surface area contributed by atoms with Gasteiger partial charge in [0.25, 0.3) is 0 Å². The number of methoxy groups -OCH3 is 2. The molecule has 0 aliphatic carbocycles. The Morgan fingerprint density at radius 3 is 2.00 bits per heavy atom. The van der Waals surface area contributed by atoms with Gasteiger partial charge in [-0.25, -0.2) is 0 Å². The first kappa shape index (κ1) is 7.38. The molecule has 1 aliphatic rings. The van der Waals surface area contributed by atoms with Crippen molar-refractivity contribution in [2.75, 3.05) is 25.7 Å². The number of rotatable bonds is 3. The molecule has 2 nitrogen and oxygen atoms in total. The highest BCUT2D eigenvalue weighted by Crippen LogP contribution is 2.28. The minimum atomic E-state index is 0.0336. The molecule has 0 atom stereocenters. The summed E-state index contributed by atoms with van der Waals surface area (Å²) in [5, 5.41) is 0. The average molecular weight is 148 g/mol. The van der Waals surface area contributed by atoms with Crippen LogP contribution in [0, 0.1) is 5.92 Å². The largest absolute Gasteiger partial charge is 0.356 e. The van der Waals surface area contributed by atoms with E-state index in [1.54, 1.807) is 14.2 Å². The zero-order valence-corrected chi connectivity index (χ0v) is 6.61. The molecule has 0 N–H and O–H groups in total. The van der Waals surface area contributed by atoms with Crippen LogP contribution in [0.25, 0.3) is 0 Å². The van der Waals surface area contributed by atoms with E-state index < -0.39 is 0 Å². The summed E-state index contributed by atoms with van der Waals surface area (Å²) in [6.07, 6.45) is 0.0336. The zero-order valence-electron chi connectivity index (χ0n) is 5.79. The first-order chi connectivity index (χ1) is 4.38. The summed E-state index contributed by atoms with van der Waals surface area (Å²) < 4.78 is 10.1. The Balaban J connectivity index is 2.19. The van der Waals surface area contributed by atoms with Gasteiger partial charge in [0.05, 0.1) is 0 Å². The topological polar surface area (TPSA) is 18.5 Å². The molecule has 3 heteroatoms. The second kappa shape index (κ2) is 3.44. The van der Waals surface area contributed by atoms with E-state index in [4.69, 9.17) is 9.47 Å². The second-order valence-corrected chi connectivity index (χ2v) is 3.21. The molecule has 0 bridgehead atoms. The maximum Gasteiger partial charge on any atom is 0.161 e. The van der Waals surface area contributed by atoms with Crippen molar-refractivity contribution in [2.45, 2.75) is 6.29 Å². The highest BCUT2D eigenvalue weighted by atomic mass is 32.2. The Kier molecular flexibility index (Phi) is 2.82. The summed E-state index contributed by atoms with van der Waals surface area (Å²) in [6.45, 7) is 0. The molecule has 1 rings (SSSR count). The minimum absolute atomic E-state index is 0.0336. The van der Waals surface area contributed by atoms with Crippen LogP contribution in [0.4, 0.5) is 0 Å². The molecule has 0 unspecified atom stereocenters. The Morgan fingerprint density at radius 1 is 1.33 bits per heavy atom. The van der Waals surface area contributed by atoms with Gasteiger partial charge in [-0.05, 0) is 0 Å². The van der Waals surface area contributed by atoms with Gasteiger partial charge in [-0.15, -0.1) is 0 Å². The van der Waals surface area contributed by atoms with Crippen LogP contribution < -0.4 is 0 Å². The van der Waals surface area contributed by atoms with E-state index in [0.717, 1.165) is 0 Å². The van der Waals surface area contributed by atoms with Crippen LogP contribution in [-0.2, 0) is 9.47 Å². The van der Waals surface area contributed by atoms with Gasteiger partial charge in [-0.1, -0.05) is 0 Å². The fraction of sp³-hybridized carbons (Fsp3) is 1.00. The summed E-state index contributed by atoms with van der Waals surface area (Å²) in [5.74, 6) is 3.00. The highest BCUT2D eigenvalue weighted by Gasteiger charge is 2.27. The Morgan fingerprint density at radius 2 is 1.89 bits per heavy atom. The highest BCUT2D eigenvalue weighted by molar-refractivity contribution is 8.00. The molecule has 0 saturated carbocycles. The Hall–Kier alpha value is 0.270. The molecule has 1 heterocycles. The molecule has 9 heavy (non-hydrogen) atoms. The van der Waals surface area contributed by atoms with E-state index in [9.17, 15) is 0 Å². The maximum atomic E-state index is 5.07. The molecule has 0 aromatic heterocycles. The van der Waals surface area contributed by atoms with Crippen LogP contribution in [0.5, 0.6) is 0 Å². The van der Waals surface area contributed by atoms with Crippen molar-refractivity contribution in [3.05, 3.63) is 0 Å². The van der Waals surface area contributed by atoms with Crippen LogP contribution >= 0.6 is 11.8 Å². The summed E-state index contributed by atoms with van der Waals surface area (Å²) in [5.41, 5.74) is 0. The lowest BCUT2D eigenvalue weighted by molar-refractivity contribution is -0.129. The Labute approximate surface area is 59.9 Å². The predicted molar refractivity (Wildman–Crippen MR) is 38.6 cm³/mol. The van der Waals surface area contributed by atoms with Crippen LogP contribution in [0.3, 0.4) is 0 Å². The van der Waals surface area contributed by atoms with E-state index in [1.165, 1.54) is 11.5 Å². The number of hydrogen-bond acceptors (Lipinski definition) is 3. The lowest BCUT2D eigenvalue weighted by atomic mass is 10.2.